The Morgan fingerprint density at radius 2 is 1.66 bits per heavy atom. The van der Waals surface area contributed by atoms with Gasteiger partial charge in [0, 0.05) is 11.8 Å². The van der Waals surface area contributed by atoms with Crippen LogP contribution in [0.4, 0.5) is 17.2 Å². The maximum absolute atomic E-state index is 11.3. The highest BCUT2D eigenvalue weighted by molar-refractivity contribution is 5.69. The van der Waals surface area contributed by atoms with E-state index in [9.17, 15) is 10.1 Å². The maximum atomic E-state index is 11.3. The maximum Gasteiger partial charge on any atom is 0.387 e. The Morgan fingerprint density at radius 1 is 1.03 bits per heavy atom. The van der Waals surface area contributed by atoms with Crippen LogP contribution in [0.1, 0.15) is 22.3 Å². The van der Waals surface area contributed by atoms with Crippen molar-refractivity contribution < 1.29 is 9.66 Å². The molecule has 0 spiro atoms. The number of aromatic nitrogens is 1. The van der Waals surface area contributed by atoms with Gasteiger partial charge >= 0.3 is 5.82 Å². The van der Waals surface area contributed by atoms with Crippen molar-refractivity contribution in [2.24, 2.45) is 0 Å². The van der Waals surface area contributed by atoms with Gasteiger partial charge in [0.1, 0.15) is 11.4 Å². The molecule has 8 nitrogen and oxygen atoms in total. The molecule has 0 aliphatic rings. The van der Waals surface area contributed by atoms with Crippen LogP contribution in [-0.2, 0) is 0 Å². The molecule has 0 amide bonds. The van der Waals surface area contributed by atoms with Gasteiger partial charge in [0.05, 0.1) is 23.3 Å². The van der Waals surface area contributed by atoms with Crippen LogP contribution in [-0.4, -0.2) is 9.91 Å². The van der Waals surface area contributed by atoms with Gasteiger partial charge in [-0.1, -0.05) is 0 Å². The van der Waals surface area contributed by atoms with E-state index in [2.05, 4.69) is 16.4 Å². The van der Waals surface area contributed by atoms with Gasteiger partial charge in [-0.2, -0.15) is 10.5 Å². The number of ether oxygens (including phenoxy) is 1. The first-order valence-corrected chi connectivity index (χ1v) is 8.52. The highest BCUT2D eigenvalue weighted by Crippen LogP contribution is 2.34. The fraction of sp³-hybridized carbons (Fsp3) is 0.0952. The molecule has 0 saturated heterocycles. The first-order valence-electron chi connectivity index (χ1n) is 8.52. The molecule has 0 bridgehead atoms. The second-order valence-corrected chi connectivity index (χ2v) is 6.27. The van der Waals surface area contributed by atoms with E-state index in [-0.39, 0.29) is 11.5 Å². The Labute approximate surface area is 166 Å². The zero-order valence-corrected chi connectivity index (χ0v) is 15.6. The van der Waals surface area contributed by atoms with Gasteiger partial charge in [0.25, 0.3) is 0 Å². The minimum Gasteiger partial charge on any atom is -0.453 e. The van der Waals surface area contributed by atoms with Crippen molar-refractivity contribution in [3.8, 4) is 23.6 Å². The van der Waals surface area contributed by atoms with Crippen molar-refractivity contribution in [1.29, 1.82) is 10.5 Å². The van der Waals surface area contributed by atoms with Crippen LogP contribution >= 0.6 is 0 Å². The van der Waals surface area contributed by atoms with E-state index in [0.717, 1.165) is 11.1 Å². The van der Waals surface area contributed by atoms with Crippen LogP contribution < -0.4 is 10.1 Å². The molecule has 2 aromatic carbocycles. The van der Waals surface area contributed by atoms with Gasteiger partial charge in [-0.25, -0.2) is 0 Å². The van der Waals surface area contributed by atoms with Crippen LogP contribution in [0.3, 0.4) is 0 Å². The topological polar surface area (TPSA) is 125 Å². The van der Waals surface area contributed by atoms with E-state index in [1.54, 1.807) is 36.4 Å². The number of nitriles is 2. The molecule has 0 radical (unpaired) electrons. The number of anilines is 2. The third-order valence-electron chi connectivity index (χ3n) is 4.12. The summed E-state index contributed by atoms with van der Waals surface area (Å²) in [6, 6.07) is 15.5. The molecule has 3 rings (SSSR count). The summed E-state index contributed by atoms with van der Waals surface area (Å²) in [5.74, 6) is 0.515. The molecule has 1 N–H and O–H groups in total. The zero-order valence-electron chi connectivity index (χ0n) is 15.6. The fourth-order valence-corrected chi connectivity index (χ4v) is 2.81. The lowest BCUT2D eigenvalue weighted by Crippen LogP contribution is -2.01. The fourth-order valence-electron chi connectivity index (χ4n) is 2.81. The molecule has 1 aromatic heterocycles. The van der Waals surface area contributed by atoms with E-state index in [4.69, 9.17) is 15.3 Å². The van der Waals surface area contributed by atoms with Gasteiger partial charge < -0.3 is 20.2 Å². The van der Waals surface area contributed by atoms with Gasteiger partial charge in [-0.15, -0.1) is 0 Å². The van der Waals surface area contributed by atoms with Crippen molar-refractivity contribution in [1.82, 2.24) is 4.98 Å². The third kappa shape index (κ3) is 4.29. The first kappa shape index (κ1) is 19.3. The van der Waals surface area contributed by atoms with Crippen LogP contribution in [0.2, 0.25) is 0 Å². The number of aryl methyl sites for hydroxylation is 2. The number of rotatable bonds is 5. The molecular weight excluding hydrogens is 370 g/mol. The average Bonchev–Trinajstić information content (AvgIpc) is 2.71. The van der Waals surface area contributed by atoms with E-state index in [1.165, 1.54) is 12.3 Å². The molecule has 3 aromatic rings. The second kappa shape index (κ2) is 8.07. The predicted octanol–water partition coefficient (Wildman–Crippen LogP) is 4.89. The van der Waals surface area contributed by atoms with Crippen molar-refractivity contribution in [3.05, 3.63) is 81.0 Å². The Morgan fingerprint density at radius 3 is 2.21 bits per heavy atom. The summed E-state index contributed by atoms with van der Waals surface area (Å²) in [5, 5.41) is 32.2. The summed E-state index contributed by atoms with van der Waals surface area (Å²) in [4.78, 5) is 14.7. The Bertz CT molecular complexity index is 1150. The lowest BCUT2D eigenvalue weighted by molar-refractivity contribution is -0.388. The Hall–Kier alpha value is -4.43. The third-order valence-corrected chi connectivity index (χ3v) is 4.12. The summed E-state index contributed by atoms with van der Waals surface area (Å²) in [7, 11) is 0. The number of pyridine rings is 1. The molecule has 8 heteroatoms. The lowest BCUT2D eigenvalue weighted by Gasteiger charge is -2.13. The summed E-state index contributed by atoms with van der Waals surface area (Å²) in [6.45, 7) is 3.63. The Kier molecular flexibility index (Phi) is 5.38. The number of hydrogen-bond donors (Lipinski definition) is 1. The van der Waals surface area contributed by atoms with E-state index < -0.39 is 4.92 Å². The van der Waals surface area contributed by atoms with E-state index >= 15 is 0 Å². The van der Waals surface area contributed by atoms with Gasteiger partial charge in [0.15, 0.2) is 11.9 Å². The van der Waals surface area contributed by atoms with Crippen molar-refractivity contribution in [3.63, 3.8) is 0 Å². The molecule has 0 atom stereocenters. The monoisotopic (exact) mass is 385 g/mol. The number of benzene rings is 2. The highest BCUT2D eigenvalue weighted by atomic mass is 16.6. The molecule has 0 fully saturated rings. The van der Waals surface area contributed by atoms with Crippen molar-refractivity contribution in [2.75, 3.05) is 5.32 Å². The summed E-state index contributed by atoms with van der Waals surface area (Å²) >= 11 is 0. The second-order valence-electron chi connectivity index (χ2n) is 6.27. The minimum atomic E-state index is -0.589. The normalized spacial score (nSPS) is 9.93. The minimum absolute atomic E-state index is 0.154. The lowest BCUT2D eigenvalue weighted by atomic mass is 10.1. The summed E-state index contributed by atoms with van der Waals surface area (Å²) in [5.41, 5.74) is 3.25. The molecule has 0 aliphatic carbocycles. The first-order chi connectivity index (χ1) is 13.9. The van der Waals surface area contributed by atoms with Crippen molar-refractivity contribution in [2.45, 2.75) is 13.8 Å². The summed E-state index contributed by atoms with van der Waals surface area (Å²) < 4.78 is 5.91. The van der Waals surface area contributed by atoms with Gasteiger partial charge in [0.2, 0.25) is 0 Å². The predicted molar refractivity (Wildman–Crippen MR) is 106 cm³/mol. The number of hydrogen-bond acceptors (Lipinski definition) is 7. The summed E-state index contributed by atoms with van der Waals surface area (Å²) in [6.07, 6.45) is 1.28. The standard InChI is InChI=1S/C21H15N5O3/c1-13-7-16(11-23)8-14(2)20(13)29-18-9-19(21(24-12-18)26(27)28)25-17-5-3-15(10-22)4-6-17/h3-9,12,25H,1-2H3. The molecule has 0 saturated carbocycles. The highest BCUT2D eigenvalue weighted by Gasteiger charge is 2.19. The van der Waals surface area contributed by atoms with Crippen LogP contribution in [0.25, 0.3) is 0 Å². The van der Waals surface area contributed by atoms with E-state index in [1.807, 2.05) is 19.9 Å². The van der Waals surface area contributed by atoms with Crippen LogP contribution in [0.15, 0.2) is 48.7 Å². The Balaban J connectivity index is 1.96. The van der Waals surface area contributed by atoms with Crippen molar-refractivity contribution >= 4 is 17.2 Å². The molecular formula is C21H15N5O3. The number of nitrogens with one attached hydrogen (secondary N) is 1. The quantitative estimate of drug-likeness (QED) is 0.490. The van der Waals surface area contributed by atoms with E-state index in [0.29, 0.717) is 28.3 Å². The molecule has 0 unspecified atom stereocenters. The molecule has 29 heavy (non-hydrogen) atoms. The van der Waals surface area contributed by atoms with Crippen LogP contribution in [0, 0.1) is 46.6 Å². The van der Waals surface area contributed by atoms with Gasteiger partial charge in [-0.3, -0.25) is 0 Å². The van der Waals surface area contributed by atoms with Gasteiger partial charge in [-0.05, 0) is 71.3 Å². The largest absolute Gasteiger partial charge is 0.453 e. The SMILES string of the molecule is Cc1cc(C#N)cc(C)c1Oc1cnc([N+](=O)[O-])c(Nc2ccc(C#N)cc2)c1. The molecule has 0 aliphatic heterocycles. The molecule has 1 heterocycles. The number of nitro groups is 1. The number of nitrogens with zero attached hydrogens (tertiary/aromatic N) is 4. The smallest absolute Gasteiger partial charge is 0.387 e. The zero-order chi connectivity index (χ0) is 21.0. The molecule has 142 valence electrons. The average molecular weight is 385 g/mol. The van der Waals surface area contributed by atoms with Crippen LogP contribution in [0.5, 0.6) is 11.5 Å².